The van der Waals surface area contributed by atoms with Crippen LogP contribution < -0.4 is 5.32 Å². The van der Waals surface area contributed by atoms with Crippen molar-refractivity contribution in [3.63, 3.8) is 0 Å². The van der Waals surface area contributed by atoms with Crippen molar-refractivity contribution >= 4 is 29.8 Å². The predicted molar refractivity (Wildman–Crippen MR) is 57.3 cm³/mol. The molecule has 0 unspecified atom stereocenters. The molecule has 0 atom stereocenters. The molecule has 0 aliphatic carbocycles. The number of alkyl carbamates (subject to hydrolysis) is 1. The van der Waals surface area contributed by atoms with Gasteiger partial charge < -0.3 is 14.5 Å². The lowest BCUT2D eigenvalue weighted by molar-refractivity contribution is -0.119. The van der Waals surface area contributed by atoms with Gasteiger partial charge in [0.05, 0.1) is 7.11 Å². The average molecular weight is 231 g/mol. The number of methoxy groups -OCH3 is 1. The zero-order valence-corrected chi connectivity index (χ0v) is 9.25. The Kier molecular flexibility index (Phi) is 4.29. The third-order valence-corrected chi connectivity index (χ3v) is 2.51. The van der Waals surface area contributed by atoms with E-state index in [9.17, 15) is 9.59 Å². The lowest BCUT2D eigenvalue weighted by Gasteiger charge is -2.33. The lowest BCUT2D eigenvalue weighted by atomic mass is 10.3. The summed E-state index contributed by atoms with van der Waals surface area (Å²) in [7, 11) is 1.28. The maximum atomic E-state index is 10.9. The van der Waals surface area contributed by atoms with Crippen molar-refractivity contribution in [2.75, 3.05) is 33.3 Å². The molecule has 0 aromatic carbocycles. The van der Waals surface area contributed by atoms with Crippen molar-refractivity contribution in [1.82, 2.24) is 15.1 Å². The second-order valence-corrected chi connectivity index (χ2v) is 3.44. The van der Waals surface area contributed by atoms with Crippen molar-refractivity contribution < 1.29 is 14.3 Å². The van der Waals surface area contributed by atoms with Gasteiger partial charge in [-0.25, -0.2) is 4.79 Å². The Morgan fingerprint density at radius 1 is 1.40 bits per heavy atom. The molecule has 0 radical (unpaired) electrons. The molecule has 0 spiro atoms. The van der Waals surface area contributed by atoms with E-state index in [0.29, 0.717) is 31.3 Å². The van der Waals surface area contributed by atoms with Crippen molar-refractivity contribution in [2.24, 2.45) is 0 Å². The number of rotatable bonds is 1. The summed E-state index contributed by atoms with van der Waals surface area (Å²) in [5.74, 6) is 0. The Morgan fingerprint density at radius 3 is 2.47 bits per heavy atom. The molecule has 6 nitrogen and oxygen atoms in total. The number of carbonyl (C=O) groups is 2. The average Bonchev–Trinajstić information content (AvgIpc) is 2.29. The maximum Gasteiger partial charge on any atom is 0.413 e. The van der Waals surface area contributed by atoms with E-state index in [1.54, 1.807) is 4.90 Å². The minimum Gasteiger partial charge on any atom is -0.453 e. The summed E-state index contributed by atoms with van der Waals surface area (Å²) in [5, 5.41) is 2.76. The van der Waals surface area contributed by atoms with Crippen LogP contribution in [-0.2, 0) is 9.53 Å². The molecule has 1 aliphatic rings. The summed E-state index contributed by atoms with van der Waals surface area (Å²) in [5.41, 5.74) is 0. The summed E-state index contributed by atoms with van der Waals surface area (Å²) in [6.07, 6.45) is 0.242. The molecule has 2 amide bonds. The summed E-state index contributed by atoms with van der Waals surface area (Å²) in [6.45, 7) is 2.49. The highest BCUT2D eigenvalue weighted by molar-refractivity contribution is 7.80. The number of thiocarbonyl (C=S) groups is 1. The van der Waals surface area contributed by atoms with Gasteiger partial charge in [0.1, 0.15) is 0 Å². The maximum absolute atomic E-state index is 10.9. The number of hydrogen-bond donors (Lipinski definition) is 1. The fraction of sp³-hybridized carbons (Fsp3) is 0.625. The molecule has 0 aromatic rings. The topological polar surface area (TPSA) is 61.9 Å². The van der Waals surface area contributed by atoms with Gasteiger partial charge in [0, 0.05) is 26.2 Å². The SMILES string of the molecule is COC(=O)NC(=S)N1CCN(C=O)CC1. The normalized spacial score (nSPS) is 15.8. The van der Waals surface area contributed by atoms with Gasteiger partial charge in [-0.15, -0.1) is 0 Å². The van der Waals surface area contributed by atoms with E-state index >= 15 is 0 Å². The summed E-state index contributed by atoms with van der Waals surface area (Å²) < 4.78 is 4.42. The number of nitrogens with one attached hydrogen (secondary N) is 1. The molecule has 0 bridgehead atoms. The van der Waals surface area contributed by atoms with E-state index in [-0.39, 0.29) is 0 Å². The second-order valence-electron chi connectivity index (χ2n) is 3.05. The molecule has 0 aromatic heterocycles. The number of hydrogen-bond acceptors (Lipinski definition) is 4. The number of ether oxygens (including phenoxy) is 1. The van der Waals surface area contributed by atoms with Gasteiger partial charge in [-0.3, -0.25) is 10.1 Å². The van der Waals surface area contributed by atoms with Gasteiger partial charge in [0.2, 0.25) is 6.41 Å². The van der Waals surface area contributed by atoms with Crippen molar-refractivity contribution in [1.29, 1.82) is 0 Å². The molecule has 1 saturated heterocycles. The molecule has 1 fully saturated rings. The molecule has 0 saturated carbocycles. The first-order valence-electron chi connectivity index (χ1n) is 4.50. The van der Waals surface area contributed by atoms with Crippen LogP contribution in [0.2, 0.25) is 0 Å². The monoisotopic (exact) mass is 231 g/mol. The predicted octanol–water partition coefficient (Wildman–Crippen LogP) is -0.599. The van der Waals surface area contributed by atoms with Crippen LogP contribution in [0.3, 0.4) is 0 Å². The zero-order valence-electron chi connectivity index (χ0n) is 8.43. The highest BCUT2D eigenvalue weighted by Gasteiger charge is 2.18. The minimum atomic E-state index is -0.571. The number of piperazine rings is 1. The zero-order chi connectivity index (χ0) is 11.3. The van der Waals surface area contributed by atoms with Gasteiger partial charge in [0.25, 0.3) is 0 Å². The molecular weight excluding hydrogens is 218 g/mol. The van der Waals surface area contributed by atoms with Crippen LogP contribution in [0.25, 0.3) is 0 Å². The third kappa shape index (κ3) is 3.35. The van der Waals surface area contributed by atoms with E-state index in [2.05, 4.69) is 10.1 Å². The van der Waals surface area contributed by atoms with Gasteiger partial charge >= 0.3 is 6.09 Å². The van der Waals surface area contributed by atoms with Crippen LogP contribution in [-0.4, -0.2) is 60.7 Å². The highest BCUT2D eigenvalue weighted by Crippen LogP contribution is 1.99. The van der Waals surface area contributed by atoms with Crippen LogP contribution in [0.1, 0.15) is 0 Å². The van der Waals surface area contributed by atoms with Crippen molar-refractivity contribution in [2.45, 2.75) is 0 Å². The Labute approximate surface area is 93.2 Å². The summed E-state index contributed by atoms with van der Waals surface area (Å²) >= 11 is 5.00. The van der Waals surface area contributed by atoms with Crippen LogP contribution in [0.5, 0.6) is 0 Å². The molecular formula is C8H13N3O3S. The fourth-order valence-electron chi connectivity index (χ4n) is 1.25. The Balaban J connectivity index is 2.36. The van der Waals surface area contributed by atoms with Crippen LogP contribution >= 0.6 is 12.2 Å². The Morgan fingerprint density at radius 2 is 2.00 bits per heavy atom. The third-order valence-electron chi connectivity index (χ3n) is 2.14. The Hall–Kier alpha value is -1.37. The van der Waals surface area contributed by atoms with E-state index in [4.69, 9.17) is 12.2 Å². The van der Waals surface area contributed by atoms with E-state index in [0.717, 1.165) is 6.41 Å². The van der Waals surface area contributed by atoms with Crippen molar-refractivity contribution in [3.8, 4) is 0 Å². The van der Waals surface area contributed by atoms with Gasteiger partial charge in [0.15, 0.2) is 5.11 Å². The van der Waals surface area contributed by atoms with Gasteiger partial charge in [-0.1, -0.05) is 0 Å². The second kappa shape index (κ2) is 5.50. The molecule has 1 N–H and O–H groups in total. The minimum absolute atomic E-state index is 0.340. The molecule has 1 rings (SSSR count). The first-order chi connectivity index (χ1) is 7.17. The van der Waals surface area contributed by atoms with E-state index < -0.39 is 6.09 Å². The van der Waals surface area contributed by atoms with Crippen LogP contribution in [0, 0.1) is 0 Å². The van der Waals surface area contributed by atoms with E-state index in [1.165, 1.54) is 7.11 Å². The standard InChI is InChI=1S/C8H13N3O3S/c1-14-8(13)9-7(15)11-4-2-10(6-12)3-5-11/h6H,2-5H2,1H3,(H,9,13,15). The van der Waals surface area contributed by atoms with Crippen LogP contribution in [0.4, 0.5) is 4.79 Å². The molecule has 15 heavy (non-hydrogen) atoms. The largest absolute Gasteiger partial charge is 0.453 e. The summed E-state index contributed by atoms with van der Waals surface area (Å²) in [6, 6.07) is 0. The highest BCUT2D eigenvalue weighted by atomic mass is 32.1. The fourth-order valence-corrected chi connectivity index (χ4v) is 1.51. The number of amides is 2. The van der Waals surface area contributed by atoms with Gasteiger partial charge in [-0.05, 0) is 12.2 Å². The van der Waals surface area contributed by atoms with E-state index in [1.807, 2.05) is 4.90 Å². The first-order valence-corrected chi connectivity index (χ1v) is 4.91. The molecule has 84 valence electrons. The first kappa shape index (κ1) is 11.7. The van der Waals surface area contributed by atoms with Gasteiger partial charge in [-0.2, -0.15) is 0 Å². The molecule has 1 heterocycles. The smallest absolute Gasteiger partial charge is 0.413 e. The number of nitrogens with zero attached hydrogens (tertiary/aromatic N) is 2. The number of carbonyl (C=O) groups excluding carboxylic acids is 2. The molecule has 1 aliphatic heterocycles. The molecule has 7 heteroatoms. The quantitative estimate of drug-likeness (QED) is 0.482. The van der Waals surface area contributed by atoms with Crippen LogP contribution in [0.15, 0.2) is 0 Å². The van der Waals surface area contributed by atoms with Crippen molar-refractivity contribution in [3.05, 3.63) is 0 Å². The lowest BCUT2D eigenvalue weighted by Crippen LogP contribution is -2.52. The summed E-state index contributed by atoms with van der Waals surface area (Å²) in [4.78, 5) is 24.8. The Bertz CT molecular complexity index is 264.